The number of fused-ring (bicyclic) bond motifs is 1. The van der Waals surface area contributed by atoms with E-state index >= 15 is 0 Å². The van der Waals surface area contributed by atoms with Crippen molar-refractivity contribution >= 4 is 33.2 Å². The lowest BCUT2D eigenvalue weighted by Crippen LogP contribution is -2.09. The molecule has 0 bridgehead atoms. The second-order valence-electron chi connectivity index (χ2n) is 5.70. The second kappa shape index (κ2) is 6.52. The molecule has 2 heterocycles. The summed E-state index contributed by atoms with van der Waals surface area (Å²) < 4.78 is 5.86. The largest absolute Gasteiger partial charge is 0.506 e. The zero-order chi connectivity index (χ0) is 18.3. The quantitative estimate of drug-likeness (QED) is 0.505. The van der Waals surface area contributed by atoms with Gasteiger partial charge in [0.25, 0.3) is 5.56 Å². The highest BCUT2D eigenvalue weighted by Gasteiger charge is 2.23. The van der Waals surface area contributed by atoms with Gasteiger partial charge in [-0.05, 0) is 11.6 Å². The number of pyridine rings is 1. The molecule has 0 aliphatic carbocycles. The van der Waals surface area contributed by atoms with E-state index in [1.165, 1.54) is 18.4 Å². The van der Waals surface area contributed by atoms with Gasteiger partial charge in [0, 0.05) is 11.1 Å². The average Bonchev–Trinajstić information content (AvgIpc) is 2.98. The Morgan fingerprint density at radius 2 is 1.73 bits per heavy atom. The maximum Gasteiger partial charge on any atom is 0.260 e. The molecule has 2 aromatic carbocycles. The minimum atomic E-state index is -0.392. The van der Waals surface area contributed by atoms with Crippen LogP contribution < -0.4 is 10.3 Å². The highest BCUT2D eigenvalue weighted by Crippen LogP contribution is 2.47. The van der Waals surface area contributed by atoms with Crippen LogP contribution in [-0.4, -0.2) is 17.2 Å². The lowest BCUT2D eigenvalue weighted by atomic mass is 10.00. The van der Waals surface area contributed by atoms with Crippen molar-refractivity contribution in [3.05, 3.63) is 69.3 Å². The molecule has 0 amide bonds. The topological polar surface area (TPSA) is 62.3 Å². The number of aromatic hydroxyl groups is 1. The van der Waals surface area contributed by atoms with Crippen molar-refractivity contribution < 1.29 is 9.84 Å². The number of H-pyrrole nitrogens is 1. The number of rotatable bonds is 3. The molecule has 6 heteroatoms. The third kappa shape index (κ3) is 2.57. The van der Waals surface area contributed by atoms with Gasteiger partial charge in [0.15, 0.2) is 0 Å². The van der Waals surface area contributed by atoms with Crippen LogP contribution in [0.5, 0.6) is 11.5 Å². The van der Waals surface area contributed by atoms with E-state index in [0.717, 1.165) is 5.56 Å². The summed E-state index contributed by atoms with van der Waals surface area (Å²) in [6.07, 6.45) is 0. The number of hydrogen-bond acceptors (Lipinski definition) is 4. The minimum absolute atomic E-state index is 0.102. The Morgan fingerprint density at radius 1 is 1.04 bits per heavy atom. The number of halogens is 1. The van der Waals surface area contributed by atoms with E-state index in [1.54, 1.807) is 18.2 Å². The Labute approximate surface area is 158 Å². The van der Waals surface area contributed by atoms with Crippen LogP contribution in [0, 0.1) is 0 Å². The lowest BCUT2D eigenvalue weighted by molar-refractivity contribution is 0.415. The van der Waals surface area contributed by atoms with Gasteiger partial charge in [-0.25, -0.2) is 0 Å². The van der Waals surface area contributed by atoms with E-state index in [-0.39, 0.29) is 11.3 Å². The molecule has 2 N–H and O–H groups in total. The molecule has 26 heavy (non-hydrogen) atoms. The molecule has 0 saturated carbocycles. The maximum absolute atomic E-state index is 12.7. The van der Waals surface area contributed by atoms with Crippen LogP contribution in [0.25, 0.3) is 32.5 Å². The summed E-state index contributed by atoms with van der Waals surface area (Å²) in [5, 5.41) is 11.6. The van der Waals surface area contributed by atoms with Crippen LogP contribution in [0.15, 0.2) is 59.4 Å². The predicted octanol–water partition coefficient (Wildman–Crippen LogP) is 5.29. The molecule has 0 aliphatic heterocycles. The number of aromatic nitrogens is 1. The highest BCUT2D eigenvalue weighted by molar-refractivity contribution is 7.23. The monoisotopic (exact) mass is 383 g/mol. The van der Waals surface area contributed by atoms with Crippen LogP contribution in [-0.2, 0) is 0 Å². The van der Waals surface area contributed by atoms with Gasteiger partial charge in [-0.2, -0.15) is 0 Å². The van der Waals surface area contributed by atoms with E-state index in [1.807, 2.05) is 36.4 Å². The Bertz CT molecular complexity index is 1170. The number of aromatic amines is 1. The van der Waals surface area contributed by atoms with Crippen LogP contribution >= 0.6 is 22.9 Å². The SMILES string of the molecule is COc1ccccc1-c1c(O)c2c(-c3ccccc3)c(Cl)sc2[nH]c1=O. The number of benzene rings is 2. The molecule has 2 aromatic heterocycles. The van der Waals surface area contributed by atoms with Crippen molar-refractivity contribution in [2.45, 2.75) is 0 Å². The van der Waals surface area contributed by atoms with Crippen LogP contribution in [0.1, 0.15) is 0 Å². The van der Waals surface area contributed by atoms with Crippen LogP contribution in [0.2, 0.25) is 4.34 Å². The van der Waals surface area contributed by atoms with Gasteiger partial charge < -0.3 is 14.8 Å². The molecule has 4 rings (SSSR count). The third-order valence-electron chi connectivity index (χ3n) is 4.23. The van der Waals surface area contributed by atoms with Crippen molar-refractivity contribution in [1.82, 2.24) is 4.98 Å². The average molecular weight is 384 g/mol. The van der Waals surface area contributed by atoms with E-state index < -0.39 is 5.56 Å². The summed E-state index contributed by atoms with van der Waals surface area (Å²) in [5.74, 6) is 0.408. The molecule has 4 aromatic rings. The van der Waals surface area contributed by atoms with E-state index in [2.05, 4.69) is 4.98 Å². The number of methoxy groups -OCH3 is 1. The smallest absolute Gasteiger partial charge is 0.260 e. The number of nitrogens with one attached hydrogen (secondary N) is 1. The number of para-hydroxylation sites is 1. The predicted molar refractivity (Wildman–Crippen MR) is 107 cm³/mol. The fourth-order valence-corrected chi connectivity index (χ4v) is 4.46. The Morgan fingerprint density at radius 3 is 2.46 bits per heavy atom. The first-order valence-electron chi connectivity index (χ1n) is 7.88. The Hall–Kier alpha value is -2.76. The van der Waals surface area contributed by atoms with E-state index in [9.17, 15) is 9.90 Å². The maximum atomic E-state index is 12.7. The minimum Gasteiger partial charge on any atom is -0.506 e. The first-order chi connectivity index (χ1) is 12.6. The molecular formula is C20H14ClNO3S. The van der Waals surface area contributed by atoms with Gasteiger partial charge in [0.2, 0.25) is 0 Å². The molecule has 0 radical (unpaired) electrons. The molecule has 0 spiro atoms. The number of ether oxygens (including phenoxy) is 1. The summed E-state index contributed by atoms with van der Waals surface area (Å²) in [4.78, 5) is 16.1. The van der Waals surface area contributed by atoms with Crippen LogP contribution in [0.4, 0.5) is 0 Å². The third-order valence-corrected chi connectivity index (χ3v) is 5.55. The molecule has 0 saturated heterocycles. The van der Waals surface area contributed by atoms with E-state index in [0.29, 0.717) is 31.4 Å². The van der Waals surface area contributed by atoms with Crippen molar-refractivity contribution in [1.29, 1.82) is 0 Å². The van der Waals surface area contributed by atoms with Gasteiger partial charge in [0.05, 0.1) is 18.1 Å². The molecule has 0 atom stereocenters. The zero-order valence-corrected chi connectivity index (χ0v) is 15.3. The standard InChI is InChI=1S/C20H14ClNO3S/c1-25-13-10-6-5-9-12(13)15-17(23)16-14(11-7-3-2-4-8-11)18(21)26-20(16)22-19(15)24/h2-10H,1H3,(H2,22,23,24). The summed E-state index contributed by atoms with van der Waals surface area (Å²) in [6, 6.07) is 16.6. The Kier molecular flexibility index (Phi) is 4.18. The van der Waals surface area contributed by atoms with Gasteiger partial charge in [0.1, 0.15) is 20.7 Å². The normalized spacial score (nSPS) is 11.0. The van der Waals surface area contributed by atoms with Crippen LogP contribution in [0.3, 0.4) is 0 Å². The molecule has 0 unspecified atom stereocenters. The molecule has 0 fully saturated rings. The van der Waals surface area contributed by atoms with Crippen molar-refractivity contribution in [2.75, 3.05) is 7.11 Å². The van der Waals surface area contributed by atoms with Crippen molar-refractivity contribution in [3.8, 4) is 33.8 Å². The fraction of sp³-hybridized carbons (Fsp3) is 0.0500. The Balaban J connectivity index is 2.10. The molecule has 130 valence electrons. The first kappa shape index (κ1) is 16.7. The summed E-state index contributed by atoms with van der Waals surface area (Å²) in [6.45, 7) is 0. The van der Waals surface area contributed by atoms with Crippen molar-refractivity contribution in [3.63, 3.8) is 0 Å². The summed E-state index contributed by atoms with van der Waals surface area (Å²) in [7, 11) is 1.53. The first-order valence-corrected chi connectivity index (χ1v) is 9.07. The zero-order valence-electron chi connectivity index (χ0n) is 13.7. The molecule has 4 nitrogen and oxygen atoms in total. The summed E-state index contributed by atoms with van der Waals surface area (Å²) >= 11 is 7.68. The summed E-state index contributed by atoms with van der Waals surface area (Å²) in [5.41, 5.74) is 1.88. The number of hydrogen-bond donors (Lipinski definition) is 2. The second-order valence-corrected chi connectivity index (χ2v) is 7.32. The number of thiophene rings is 1. The lowest BCUT2D eigenvalue weighted by Gasteiger charge is -2.11. The van der Waals surface area contributed by atoms with Gasteiger partial charge >= 0.3 is 0 Å². The van der Waals surface area contributed by atoms with Gasteiger partial charge in [-0.1, -0.05) is 60.1 Å². The van der Waals surface area contributed by atoms with Gasteiger partial charge in [-0.15, -0.1) is 11.3 Å². The highest BCUT2D eigenvalue weighted by atomic mass is 35.5. The van der Waals surface area contributed by atoms with Gasteiger partial charge in [-0.3, -0.25) is 4.79 Å². The van der Waals surface area contributed by atoms with Crippen molar-refractivity contribution in [2.24, 2.45) is 0 Å². The molecular weight excluding hydrogens is 370 g/mol. The molecule has 0 aliphatic rings. The fourth-order valence-electron chi connectivity index (χ4n) is 3.08. The van der Waals surface area contributed by atoms with E-state index in [4.69, 9.17) is 16.3 Å².